The maximum absolute atomic E-state index is 13.8. The minimum Gasteiger partial charge on any atom is -0.394 e. The molecule has 2 N–H and O–H groups in total. The fourth-order valence-electron chi connectivity index (χ4n) is 5.52. The summed E-state index contributed by atoms with van der Waals surface area (Å²) >= 11 is 4.44. The SMILES string of the molecule is C[C@H](/C=C/CC(=O)N1Cc2ccccc2C[C@H]1CO)[C@@]1(O)C(=O)N(Cc2ccc(I)cc2)c2ccc(I)cc21. The lowest BCUT2D eigenvalue weighted by molar-refractivity contribution is -0.139. The average molecular weight is 748 g/mol. The van der Waals surface area contributed by atoms with Crippen molar-refractivity contribution in [1.82, 2.24) is 4.90 Å². The summed E-state index contributed by atoms with van der Waals surface area (Å²) in [5.41, 5.74) is 2.79. The van der Waals surface area contributed by atoms with Crippen molar-refractivity contribution < 1.29 is 19.8 Å². The zero-order chi connectivity index (χ0) is 27.7. The van der Waals surface area contributed by atoms with E-state index in [9.17, 15) is 19.8 Å². The molecule has 6 nitrogen and oxygen atoms in total. The van der Waals surface area contributed by atoms with Crippen LogP contribution in [0.25, 0.3) is 0 Å². The molecule has 2 heterocycles. The zero-order valence-electron chi connectivity index (χ0n) is 21.6. The van der Waals surface area contributed by atoms with Gasteiger partial charge in [-0.2, -0.15) is 0 Å². The Morgan fingerprint density at radius 3 is 2.49 bits per heavy atom. The lowest BCUT2D eigenvalue weighted by Gasteiger charge is -2.36. The molecule has 0 fully saturated rings. The van der Waals surface area contributed by atoms with Gasteiger partial charge in [-0.25, -0.2) is 0 Å². The molecule has 0 unspecified atom stereocenters. The number of benzene rings is 3. The van der Waals surface area contributed by atoms with Gasteiger partial charge in [0.25, 0.3) is 5.91 Å². The van der Waals surface area contributed by atoms with Gasteiger partial charge in [-0.1, -0.05) is 55.5 Å². The quantitative estimate of drug-likeness (QED) is 0.259. The maximum Gasteiger partial charge on any atom is 0.264 e. The van der Waals surface area contributed by atoms with Gasteiger partial charge >= 0.3 is 0 Å². The highest BCUT2D eigenvalue weighted by Gasteiger charge is 2.52. The number of nitrogens with zero attached hydrogens (tertiary/aromatic N) is 2. The highest BCUT2D eigenvalue weighted by molar-refractivity contribution is 14.1. The molecule has 0 saturated heterocycles. The van der Waals surface area contributed by atoms with Gasteiger partial charge in [0.05, 0.1) is 24.9 Å². The van der Waals surface area contributed by atoms with Gasteiger partial charge < -0.3 is 20.0 Å². The number of aliphatic hydroxyl groups is 2. The summed E-state index contributed by atoms with van der Waals surface area (Å²) in [6, 6.07) is 21.4. The third-order valence-corrected chi connectivity index (χ3v) is 9.14. The van der Waals surface area contributed by atoms with E-state index in [0.717, 1.165) is 23.8 Å². The number of amides is 2. The topological polar surface area (TPSA) is 81.1 Å². The van der Waals surface area contributed by atoms with E-state index in [0.29, 0.717) is 30.8 Å². The first kappa shape index (κ1) is 28.3. The summed E-state index contributed by atoms with van der Waals surface area (Å²) in [5, 5.41) is 21.9. The number of fused-ring (bicyclic) bond motifs is 2. The van der Waals surface area contributed by atoms with Crippen LogP contribution in [-0.4, -0.2) is 39.6 Å². The standard InChI is InChI=1S/C31H30I2N2O4/c1-20(5-4-8-29(37)34-18-23-7-3-2-6-22(23)15-26(34)19-36)31(39)27-16-25(33)13-14-28(27)35(30(31)38)17-21-9-11-24(32)12-10-21/h2-7,9-14,16,20,26,36,39H,8,15,17-19H2,1H3/b5-4+/t20-,26+,31+/m1/s1. The van der Waals surface area contributed by atoms with E-state index in [2.05, 4.69) is 45.2 Å². The molecule has 3 atom stereocenters. The molecule has 2 aliphatic heterocycles. The minimum atomic E-state index is -1.74. The molecular formula is C31H30I2N2O4. The van der Waals surface area contributed by atoms with Crippen molar-refractivity contribution in [3.8, 4) is 0 Å². The molecule has 0 aromatic heterocycles. The van der Waals surface area contributed by atoms with E-state index in [4.69, 9.17) is 0 Å². The number of halogens is 2. The van der Waals surface area contributed by atoms with Crippen LogP contribution in [0.3, 0.4) is 0 Å². The highest BCUT2D eigenvalue weighted by atomic mass is 127. The maximum atomic E-state index is 13.8. The van der Waals surface area contributed by atoms with Crippen LogP contribution in [0.15, 0.2) is 78.9 Å². The van der Waals surface area contributed by atoms with E-state index in [-0.39, 0.29) is 30.9 Å². The number of rotatable bonds is 7. The lowest BCUT2D eigenvalue weighted by atomic mass is 9.83. The van der Waals surface area contributed by atoms with Crippen LogP contribution in [0.2, 0.25) is 0 Å². The third-order valence-electron chi connectivity index (χ3n) is 7.75. The van der Waals surface area contributed by atoms with Crippen molar-refractivity contribution in [3.05, 3.63) is 108 Å². The number of anilines is 1. The zero-order valence-corrected chi connectivity index (χ0v) is 25.9. The van der Waals surface area contributed by atoms with Gasteiger partial charge in [0.1, 0.15) is 0 Å². The highest BCUT2D eigenvalue weighted by Crippen LogP contribution is 2.46. The molecule has 0 saturated carbocycles. The average Bonchev–Trinajstić information content (AvgIpc) is 3.15. The second kappa shape index (κ2) is 11.7. The van der Waals surface area contributed by atoms with Crippen molar-refractivity contribution in [3.63, 3.8) is 0 Å². The molecule has 5 rings (SSSR count). The van der Waals surface area contributed by atoms with Crippen LogP contribution in [0.1, 0.15) is 35.6 Å². The molecule has 3 aromatic rings. The molecule has 39 heavy (non-hydrogen) atoms. The first-order valence-corrected chi connectivity index (χ1v) is 15.1. The van der Waals surface area contributed by atoms with Gasteiger partial charge in [-0.05, 0) is 98.6 Å². The van der Waals surface area contributed by atoms with Gasteiger partial charge in [-0.3, -0.25) is 9.59 Å². The van der Waals surface area contributed by atoms with Crippen molar-refractivity contribution >= 4 is 62.7 Å². The van der Waals surface area contributed by atoms with Crippen molar-refractivity contribution in [2.24, 2.45) is 5.92 Å². The first-order valence-electron chi connectivity index (χ1n) is 12.9. The number of carbonyl (C=O) groups is 2. The Hall–Kier alpha value is -2.28. The van der Waals surface area contributed by atoms with E-state index in [1.54, 1.807) is 22.0 Å². The van der Waals surface area contributed by atoms with Crippen molar-refractivity contribution in [2.45, 2.75) is 44.5 Å². The normalized spacial score (nSPS) is 21.3. The Balaban J connectivity index is 1.34. The Morgan fingerprint density at radius 1 is 1.08 bits per heavy atom. The Morgan fingerprint density at radius 2 is 1.77 bits per heavy atom. The smallest absolute Gasteiger partial charge is 0.264 e. The van der Waals surface area contributed by atoms with Crippen LogP contribution >= 0.6 is 45.2 Å². The summed E-state index contributed by atoms with van der Waals surface area (Å²) in [6.07, 6.45) is 4.25. The summed E-state index contributed by atoms with van der Waals surface area (Å²) in [7, 11) is 0. The van der Waals surface area contributed by atoms with Gasteiger partial charge in [-0.15, -0.1) is 0 Å². The minimum absolute atomic E-state index is 0.0907. The number of carbonyl (C=O) groups excluding carboxylic acids is 2. The third kappa shape index (κ3) is 5.53. The second-order valence-corrected chi connectivity index (χ2v) is 12.7. The molecule has 202 valence electrons. The Kier molecular flexibility index (Phi) is 8.46. The van der Waals surface area contributed by atoms with Gasteiger partial charge in [0.15, 0.2) is 5.60 Å². The van der Waals surface area contributed by atoms with Gasteiger partial charge in [0, 0.05) is 31.6 Å². The fraction of sp³-hybridized carbons (Fsp3) is 0.290. The van der Waals surface area contributed by atoms with Gasteiger partial charge in [0.2, 0.25) is 5.91 Å². The number of hydrogen-bond donors (Lipinski definition) is 2. The van der Waals surface area contributed by atoms with Crippen LogP contribution in [0.5, 0.6) is 0 Å². The molecule has 0 aliphatic carbocycles. The molecule has 3 aromatic carbocycles. The van der Waals surface area contributed by atoms with Crippen molar-refractivity contribution in [1.29, 1.82) is 0 Å². The monoisotopic (exact) mass is 748 g/mol. The van der Waals surface area contributed by atoms with E-state index in [1.807, 2.05) is 73.7 Å². The molecule has 0 bridgehead atoms. The van der Waals surface area contributed by atoms with Crippen LogP contribution in [0.4, 0.5) is 5.69 Å². The fourth-order valence-corrected chi connectivity index (χ4v) is 6.37. The Labute approximate surface area is 256 Å². The van der Waals surface area contributed by atoms with E-state index in [1.165, 1.54) is 0 Å². The molecule has 2 aliphatic rings. The Bertz CT molecular complexity index is 1420. The van der Waals surface area contributed by atoms with Crippen LogP contribution < -0.4 is 4.90 Å². The number of hydrogen-bond acceptors (Lipinski definition) is 4. The molecule has 8 heteroatoms. The second-order valence-electron chi connectivity index (χ2n) is 10.2. The predicted octanol–water partition coefficient (Wildman–Crippen LogP) is 5.16. The lowest BCUT2D eigenvalue weighted by Crippen LogP contribution is -2.46. The van der Waals surface area contributed by atoms with E-state index < -0.39 is 11.5 Å². The number of aliphatic hydroxyl groups excluding tert-OH is 1. The van der Waals surface area contributed by atoms with Crippen molar-refractivity contribution in [2.75, 3.05) is 11.5 Å². The summed E-state index contributed by atoms with van der Waals surface area (Å²) in [5.74, 6) is -1.02. The predicted molar refractivity (Wildman–Crippen MR) is 168 cm³/mol. The van der Waals surface area contributed by atoms with Crippen LogP contribution in [0, 0.1) is 13.1 Å². The first-order chi connectivity index (χ1) is 18.7. The van der Waals surface area contributed by atoms with E-state index >= 15 is 0 Å². The summed E-state index contributed by atoms with van der Waals surface area (Å²) < 4.78 is 2.04. The molecule has 0 spiro atoms. The largest absolute Gasteiger partial charge is 0.394 e. The molecule has 2 amide bonds. The summed E-state index contributed by atoms with van der Waals surface area (Å²) in [4.78, 5) is 30.3. The summed E-state index contributed by atoms with van der Waals surface area (Å²) in [6.45, 7) is 2.54. The molecular weight excluding hydrogens is 718 g/mol. The van der Waals surface area contributed by atoms with Crippen LogP contribution in [-0.2, 0) is 34.7 Å². The molecule has 0 radical (unpaired) electrons.